The molecule has 1 heterocycles. The number of hydrogen-bond acceptors (Lipinski definition) is 2. The third kappa shape index (κ3) is 3.64. The van der Waals surface area contributed by atoms with E-state index < -0.39 is 0 Å². The van der Waals surface area contributed by atoms with Crippen molar-refractivity contribution in [1.82, 2.24) is 10.2 Å². The van der Waals surface area contributed by atoms with Crippen LogP contribution in [-0.2, 0) is 0 Å². The predicted molar refractivity (Wildman–Crippen MR) is 57.6 cm³/mol. The van der Waals surface area contributed by atoms with E-state index in [9.17, 15) is 0 Å². The standard InChI is InChI=1S/C11H20N2/c1-10(2)4-5-11(3)13-8-6-12-7-9-13/h4-5,12H,6-9H2,1-3H3/b11-5+. The summed E-state index contributed by atoms with van der Waals surface area (Å²) in [5.74, 6) is 0. The van der Waals surface area contributed by atoms with Crippen LogP contribution in [0.4, 0.5) is 0 Å². The van der Waals surface area contributed by atoms with Gasteiger partial charge in [-0.1, -0.05) is 11.6 Å². The summed E-state index contributed by atoms with van der Waals surface area (Å²) in [6, 6.07) is 0. The molecule has 2 heteroatoms. The van der Waals surface area contributed by atoms with Gasteiger partial charge in [-0.05, 0) is 26.8 Å². The lowest BCUT2D eigenvalue weighted by molar-refractivity contribution is 0.300. The third-order valence-corrected chi connectivity index (χ3v) is 2.27. The molecule has 74 valence electrons. The van der Waals surface area contributed by atoms with Crippen LogP contribution in [0, 0.1) is 0 Å². The Morgan fingerprint density at radius 3 is 2.23 bits per heavy atom. The van der Waals surface area contributed by atoms with Crippen LogP contribution < -0.4 is 5.32 Å². The highest BCUT2D eigenvalue weighted by Gasteiger charge is 2.08. The summed E-state index contributed by atoms with van der Waals surface area (Å²) in [6.07, 6.45) is 4.39. The maximum Gasteiger partial charge on any atom is 0.0300 e. The van der Waals surface area contributed by atoms with Crippen LogP contribution in [0.25, 0.3) is 0 Å². The minimum atomic E-state index is 1.11. The van der Waals surface area contributed by atoms with Gasteiger partial charge in [-0.25, -0.2) is 0 Å². The summed E-state index contributed by atoms with van der Waals surface area (Å²) < 4.78 is 0. The van der Waals surface area contributed by atoms with Crippen LogP contribution in [-0.4, -0.2) is 31.1 Å². The zero-order chi connectivity index (χ0) is 9.68. The molecule has 0 aromatic carbocycles. The minimum absolute atomic E-state index is 1.11. The second-order valence-electron chi connectivity index (χ2n) is 3.79. The molecule has 0 bridgehead atoms. The van der Waals surface area contributed by atoms with Crippen molar-refractivity contribution in [3.8, 4) is 0 Å². The predicted octanol–water partition coefficient (Wildman–Crippen LogP) is 1.76. The van der Waals surface area contributed by atoms with E-state index in [1.54, 1.807) is 0 Å². The molecule has 0 aromatic rings. The Morgan fingerprint density at radius 2 is 1.69 bits per heavy atom. The summed E-state index contributed by atoms with van der Waals surface area (Å²) in [5, 5.41) is 3.35. The third-order valence-electron chi connectivity index (χ3n) is 2.27. The molecule has 0 saturated carbocycles. The van der Waals surface area contributed by atoms with Gasteiger partial charge in [0.15, 0.2) is 0 Å². The van der Waals surface area contributed by atoms with Crippen LogP contribution >= 0.6 is 0 Å². The fourth-order valence-electron chi connectivity index (χ4n) is 1.41. The van der Waals surface area contributed by atoms with E-state index in [-0.39, 0.29) is 0 Å². The number of nitrogens with one attached hydrogen (secondary N) is 1. The molecule has 0 unspecified atom stereocenters. The minimum Gasteiger partial charge on any atom is -0.372 e. The Morgan fingerprint density at radius 1 is 1.08 bits per heavy atom. The van der Waals surface area contributed by atoms with Gasteiger partial charge in [0.1, 0.15) is 0 Å². The van der Waals surface area contributed by atoms with Crippen LogP contribution in [0.5, 0.6) is 0 Å². The Kier molecular flexibility index (Phi) is 4.03. The Bertz CT molecular complexity index is 206. The average Bonchev–Trinajstić information content (AvgIpc) is 2.15. The summed E-state index contributed by atoms with van der Waals surface area (Å²) in [7, 11) is 0. The number of rotatable bonds is 2. The monoisotopic (exact) mass is 180 g/mol. The van der Waals surface area contributed by atoms with E-state index in [1.807, 2.05) is 0 Å². The SMILES string of the molecule is CC(C)=C/C=C(\C)N1CCNCC1. The molecule has 0 atom stereocenters. The highest BCUT2D eigenvalue weighted by Crippen LogP contribution is 2.05. The van der Waals surface area contributed by atoms with Crippen molar-refractivity contribution in [2.75, 3.05) is 26.2 Å². The van der Waals surface area contributed by atoms with Gasteiger partial charge in [-0.2, -0.15) is 0 Å². The zero-order valence-electron chi connectivity index (χ0n) is 8.93. The van der Waals surface area contributed by atoms with Crippen LogP contribution in [0.1, 0.15) is 20.8 Å². The molecule has 0 aliphatic carbocycles. The Hall–Kier alpha value is -0.760. The summed E-state index contributed by atoms with van der Waals surface area (Å²) in [5.41, 5.74) is 2.73. The van der Waals surface area contributed by atoms with Crippen molar-refractivity contribution < 1.29 is 0 Å². The first-order valence-corrected chi connectivity index (χ1v) is 4.97. The van der Waals surface area contributed by atoms with Crippen molar-refractivity contribution in [3.05, 3.63) is 23.4 Å². The second kappa shape index (κ2) is 5.07. The van der Waals surface area contributed by atoms with Gasteiger partial charge in [-0.3, -0.25) is 0 Å². The molecule has 2 nitrogen and oxygen atoms in total. The first kappa shape index (κ1) is 10.3. The van der Waals surface area contributed by atoms with Crippen LogP contribution in [0.15, 0.2) is 23.4 Å². The topological polar surface area (TPSA) is 15.3 Å². The maximum absolute atomic E-state index is 3.35. The van der Waals surface area contributed by atoms with E-state index in [0.717, 1.165) is 26.2 Å². The molecule has 1 aliphatic heterocycles. The molecule has 13 heavy (non-hydrogen) atoms. The van der Waals surface area contributed by atoms with Crippen molar-refractivity contribution in [2.45, 2.75) is 20.8 Å². The molecule has 1 rings (SSSR count). The smallest absolute Gasteiger partial charge is 0.0300 e. The average molecular weight is 180 g/mol. The quantitative estimate of drug-likeness (QED) is 0.651. The van der Waals surface area contributed by atoms with Crippen LogP contribution in [0.2, 0.25) is 0 Å². The normalized spacial score (nSPS) is 18.7. The number of hydrogen-bond donors (Lipinski definition) is 1. The Labute approximate surface area is 81.3 Å². The highest BCUT2D eigenvalue weighted by atomic mass is 15.2. The van der Waals surface area contributed by atoms with Gasteiger partial charge in [0.2, 0.25) is 0 Å². The number of piperazine rings is 1. The molecule has 0 amide bonds. The molecule has 0 aromatic heterocycles. The van der Waals surface area contributed by atoms with Crippen molar-refractivity contribution >= 4 is 0 Å². The summed E-state index contributed by atoms with van der Waals surface area (Å²) >= 11 is 0. The van der Waals surface area contributed by atoms with Crippen molar-refractivity contribution in [2.24, 2.45) is 0 Å². The molecule has 1 fully saturated rings. The first-order valence-electron chi connectivity index (χ1n) is 4.97. The number of allylic oxidation sites excluding steroid dienone is 4. The molecule has 1 saturated heterocycles. The first-order chi connectivity index (χ1) is 6.20. The van der Waals surface area contributed by atoms with Crippen molar-refractivity contribution in [3.63, 3.8) is 0 Å². The van der Waals surface area contributed by atoms with E-state index in [4.69, 9.17) is 0 Å². The van der Waals surface area contributed by atoms with Gasteiger partial charge in [-0.15, -0.1) is 0 Å². The summed E-state index contributed by atoms with van der Waals surface area (Å²) in [4.78, 5) is 2.43. The van der Waals surface area contributed by atoms with Gasteiger partial charge < -0.3 is 10.2 Å². The molecule has 0 radical (unpaired) electrons. The molecular weight excluding hydrogens is 160 g/mol. The molecular formula is C11H20N2. The van der Waals surface area contributed by atoms with Crippen molar-refractivity contribution in [1.29, 1.82) is 0 Å². The van der Waals surface area contributed by atoms with E-state index >= 15 is 0 Å². The van der Waals surface area contributed by atoms with E-state index in [2.05, 4.69) is 43.1 Å². The largest absolute Gasteiger partial charge is 0.372 e. The Balaban J connectivity index is 2.49. The lowest BCUT2D eigenvalue weighted by atomic mass is 10.2. The molecule has 1 aliphatic rings. The second-order valence-corrected chi connectivity index (χ2v) is 3.79. The summed E-state index contributed by atoms with van der Waals surface area (Å²) in [6.45, 7) is 10.9. The fourth-order valence-corrected chi connectivity index (χ4v) is 1.41. The molecule has 0 spiro atoms. The van der Waals surface area contributed by atoms with Gasteiger partial charge in [0, 0.05) is 31.9 Å². The lowest BCUT2D eigenvalue weighted by Gasteiger charge is -2.29. The highest BCUT2D eigenvalue weighted by molar-refractivity contribution is 5.13. The number of nitrogens with zero attached hydrogens (tertiary/aromatic N) is 1. The van der Waals surface area contributed by atoms with Gasteiger partial charge >= 0.3 is 0 Å². The van der Waals surface area contributed by atoms with E-state index in [0.29, 0.717) is 0 Å². The lowest BCUT2D eigenvalue weighted by Crippen LogP contribution is -2.42. The van der Waals surface area contributed by atoms with Gasteiger partial charge in [0.25, 0.3) is 0 Å². The fraction of sp³-hybridized carbons (Fsp3) is 0.636. The zero-order valence-corrected chi connectivity index (χ0v) is 8.93. The maximum atomic E-state index is 3.35. The molecule has 1 N–H and O–H groups in total. The van der Waals surface area contributed by atoms with E-state index in [1.165, 1.54) is 11.3 Å². The van der Waals surface area contributed by atoms with Gasteiger partial charge in [0.05, 0.1) is 0 Å². The van der Waals surface area contributed by atoms with Crippen LogP contribution in [0.3, 0.4) is 0 Å².